The molecule has 0 atom stereocenters. The van der Waals surface area contributed by atoms with Gasteiger partial charge < -0.3 is 9.80 Å². The predicted molar refractivity (Wildman–Crippen MR) is 267 cm³/mol. The molecule has 292 valence electrons. The summed E-state index contributed by atoms with van der Waals surface area (Å²) in [5.74, 6) is 0. The van der Waals surface area contributed by atoms with Crippen LogP contribution in [0.4, 0.5) is 34.1 Å². The molecular weight excluding hydrogens is 749 g/mol. The Labute approximate surface area is 361 Å². The summed E-state index contributed by atoms with van der Waals surface area (Å²) in [6, 6.07) is 91.6. The van der Waals surface area contributed by atoms with Crippen LogP contribution in [0.15, 0.2) is 255 Å². The summed E-state index contributed by atoms with van der Waals surface area (Å²) in [6.07, 6.45) is 0. The normalized spacial score (nSPS) is 11.2. The first-order valence-corrected chi connectivity index (χ1v) is 21.2. The molecule has 0 N–H and O–H groups in total. The highest BCUT2D eigenvalue weighted by Gasteiger charge is 2.19. The van der Waals surface area contributed by atoms with Crippen molar-refractivity contribution in [2.75, 3.05) is 9.80 Å². The van der Waals surface area contributed by atoms with Gasteiger partial charge in [0.25, 0.3) is 0 Å². The molecule has 0 saturated heterocycles. The molecule has 12 rings (SSSR count). The van der Waals surface area contributed by atoms with E-state index in [1.165, 1.54) is 64.6 Å². The molecule has 0 aliphatic heterocycles. The van der Waals surface area contributed by atoms with E-state index in [0.717, 1.165) is 34.1 Å². The van der Waals surface area contributed by atoms with Crippen molar-refractivity contribution in [3.63, 3.8) is 0 Å². The number of nitrogens with zero attached hydrogens (tertiary/aromatic N) is 2. The van der Waals surface area contributed by atoms with E-state index in [-0.39, 0.29) is 0 Å². The molecule has 12 aromatic carbocycles. The molecule has 0 amide bonds. The lowest BCUT2D eigenvalue weighted by Crippen LogP contribution is -2.11. The van der Waals surface area contributed by atoms with Gasteiger partial charge in [-0.1, -0.05) is 194 Å². The largest absolute Gasteiger partial charge is 0.310 e. The fraction of sp³-hybridized carbons (Fsp3) is 0. The van der Waals surface area contributed by atoms with E-state index in [4.69, 9.17) is 0 Å². The highest BCUT2D eigenvalue weighted by atomic mass is 15.1. The van der Waals surface area contributed by atoms with Crippen LogP contribution in [0, 0.1) is 0 Å². The van der Waals surface area contributed by atoms with Crippen molar-refractivity contribution in [1.29, 1.82) is 0 Å². The summed E-state index contributed by atoms with van der Waals surface area (Å²) in [5.41, 5.74) is 6.80. The first-order valence-electron chi connectivity index (χ1n) is 21.2. The van der Waals surface area contributed by atoms with Crippen molar-refractivity contribution in [2.45, 2.75) is 0 Å². The second-order valence-electron chi connectivity index (χ2n) is 15.8. The molecule has 2 heteroatoms. The fourth-order valence-corrected chi connectivity index (χ4v) is 8.92. The predicted octanol–water partition coefficient (Wildman–Crippen LogP) is 17.2. The third kappa shape index (κ3) is 7.04. The minimum Gasteiger partial charge on any atom is -0.310 e. The molecule has 0 fully saturated rings. The first-order chi connectivity index (χ1) is 30.7. The Morgan fingerprint density at radius 1 is 0.177 bits per heavy atom. The number of fused-ring (bicyclic) bond motifs is 6. The quantitative estimate of drug-likeness (QED) is 0.166. The van der Waals surface area contributed by atoms with Crippen molar-refractivity contribution in [1.82, 2.24) is 0 Å². The van der Waals surface area contributed by atoms with Crippen LogP contribution in [-0.4, -0.2) is 0 Å². The van der Waals surface area contributed by atoms with Gasteiger partial charge >= 0.3 is 0 Å². The van der Waals surface area contributed by atoms with E-state index in [9.17, 15) is 0 Å². The van der Waals surface area contributed by atoms with E-state index < -0.39 is 0 Å². The Balaban J connectivity index is 0.000000379. The minimum absolute atomic E-state index is 1.12. The maximum Gasteiger partial charge on any atom is 0.0540 e. The molecule has 0 heterocycles. The molecule has 0 aliphatic carbocycles. The highest BCUT2D eigenvalue weighted by molar-refractivity contribution is 6.04. The van der Waals surface area contributed by atoms with Gasteiger partial charge in [-0.15, -0.1) is 0 Å². The molecule has 0 radical (unpaired) electrons. The summed E-state index contributed by atoms with van der Waals surface area (Å²) < 4.78 is 0. The highest BCUT2D eigenvalue weighted by Crippen LogP contribution is 2.43. The van der Waals surface area contributed by atoms with E-state index >= 15 is 0 Å². The number of anilines is 6. The maximum absolute atomic E-state index is 2.40. The van der Waals surface area contributed by atoms with Gasteiger partial charge in [0.2, 0.25) is 0 Å². The van der Waals surface area contributed by atoms with Crippen LogP contribution >= 0.6 is 0 Å². The molecular formula is C60H42N2. The zero-order chi connectivity index (χ0) is 41.2. The summed E-state index contributed by atoms with van der Waals surface area (Å²) in [4.78, 5) is 4.80. The number of hydrogen-bond donors (Lipinski definition) is 0. The molecule has 62 heavy (non-hydrogen) atoms. The van der Waals surface area contributed by atoms with Gasteiger partial charge in [-0.2, -0.15) is 0 Å². The van der Waals surface area contributed by atoms with Crippen LogP contribution in [0.1, 0.15) is 0 Å². The average molecular weight is 791 g/mol. The Bertz CT molecular complexity index is 3290. The molecule has 2 nitrogen and oxygen atoms in total. The molecule has 0 spiro atoms. The zero-order valence-electron chi connectivity index (χ0n) is 34.1. The summed E-state index contributed by atoms with van der Waals surface area (Å²) in [7, 11) is 0. The Morgan fingerprint density at radius 3 is 0.774 bits per heavy atom. The van der Waals surface area contributed by atoms with Crippen LogP contribution < -0.4 is 9.80 Å². The Hall–Kier alpha value is -8.20. The minimum atomic E-state index is 1.12. The number of rotatable bonds is 6. The summed E-state index contributed by atoms with van der Waals surface area (Å²) in [5, 5.41) is 14.8. The van der Waals surface area contributed by atoms with Crippen LogP contribution in [0.3, 0.4) is 0 Å². The average Bonchev–Trinajstić information content (AvgIpc) is 3.34. The van der Waals surface area contributed by atoms with Gasteiger partial charge in [0.15, 0.2) is 0 Å². The SMILES string of the molecule is c1ccc2cc(N(c3ccc4cc(N(c5ccc6ccccc6c5)c5cccc6ccccc56)ccc4c3)c3cccc4ccccc34)ccc2c1.c1ccc2ccccc2c1. The Morgan fingerprint density at radius 2 is 0.419 bits per heavy atom. The molecule has 0 aromatic heterocycles. The van der Waals surface area contributed by atoms with Crippen LogP contribution in [0.25, 0.3) is 64.6 Å². The number of hydrogen-bond acceptors (Lipinski definition) is 2. The van der Waals surface area contributed by atoms with Crippen molar-refractivity contribution in [3.8, 4) is 0 Å². The maximum atomic E-state index is 2.40. The van der Waals surface area contributed by atoms with Gasteiger partial charge in [0.05, 0.1) is 11.4 Å². The summed E-state index contributed by atoms with van der Waals surface area (Å²) >= 11 is 0. The second-order valence-corrected chi connectivity index (χ2v) is 15.8. The van der Waals surface area contributed by atoms with Crippen LogP contribution in [0.5, 0.6) is 0 Å². The van der Waals surface area contributed by atoms with Crippen LogP contribution in [-0.2, 0) is 0 Å². The van der Waals surface area contributed by atoms with Crippen molar-refractivity contribution in [3.05, 3.63) is 255 Å². The monoisotopic (exact) mass is 790 g/mol. The van der Waals surface area contributed by atoms with Gasteiger partial charge in [0, 0.05) is 33.5 Å². The fourth-order valence-electron chi connectivity index (χ4n) is 8.92. The van der Waals surface area contributed by atoms with E-state index in [2.05, 4.69) is 265 Å². The topological polar surface area (TPSA) is 6.48 Å². The van der Waals surface area contributed by atoms with Gasteiger partial charge in [-0.3, -0.25) is 0 Å². The zero-order valence-corrected chi connectivity index (χ0v) is 34.1. The number of benzene rings is 12. The summed E-state index contributed by atoms with van der Waals surface area (Å²) in [6.45, 7) is 0. The van der Waals surface area contributed by atoms with Gasteiger partial charge in [-0.05, 0) is 115 Å². The molecule has 0 bridgehead atoms. The van der Waals surface area contributed by atoms with Crippen molar-refractivity contribution < 1.29 is 0 Å². The van der Waals surface area contributed by atoms with Crippen molar-refractivity contribution >= 4 is 98.8 Å². The lowest BCUT2D eigenvalue weighted by molar-refractivity contribution is 1.30. The molecule has 12 aromatic rings. The third-order valence-corrected chi connectivity index (χ3v) is 12.0. The standard InChI is InChI=1S/C50H34N2.C10H8/c1-3-15-39-31-43(27-23-35(39)11-1)51(49-21-9-17-37-13-5-7-19-47(37)49)45-29-25-42-34-46(30-26-41(42)33-45)52(44-28-24-36-12-2-4-16-40(36)32-44)50-22-10-18-38-14-6-8-20-48(38)50;1-2-6-10-8-4-3-7-9(10)5-1/h1-34H;1-8H. The molecule has 0 unspecified atom stereocenters. The second kappa shape index (κ2) is 16.1. The van der Waals surface area contributed by atoms with E-state index in [0.29, 0.717) is 0 Å². The molecule has 0 saturated carbocycles. The van der Waals surface area contributed by atoms with E-state index in [1.54, 1.807) is 0 Å². The van der Waals surface area contributed by atoms with Gasteiger partial charge in [0.1, 0.15) is 0 Å². The Kier molecular flexibility index (Phi) is 9.57. The smallest absolute Gasteiger partial charge is 0.0540 e. The lowest BCUT2D eigenvalue weighted by atomic mass is 10.0. The van der Waals surface area contributed by atoms with E-state index in [1.807, 2.05) is 0 Å². The van der Waals surface area contributed by atoms with Crippen LogP contribution in [0.2, 0.25) is 0 Å². The van der Waals surface area contributed by atoms with Gasteiger partial charge in [-0.25, -0.2) is 0 Å². The third-order valence-electron chi connectivity index (χ3n) is 12.0. The first kappa shape index (κ1) is 36.8. The lowest BCUT2D eigenvalue weighted by Gasteiger charge is -2.28. The molecule has 0 aliphatic rings. The van der Waals surface area contributed by atoms with Crippen molar-refractivity contribution in [2.24, 2.45) is 0 Å².